The number of amides is 2. The van der Waals surface area contributed by atoms with E-state index in [0.29, 0.717) is 45.0 Å². The molecular weight excluding hydrogens is 365 g/mol. The van der Waals surface area contributed by atoms with Crippen molar-refractivity contribution in [2.75, 3.05) is 26.3 Å². The molecule has 4 rings (SSSR count). The highest BCUT2D eigenvalue weighted by molar-refractivity contribution is 5.93. The molecule has 2 saturated heterocycles. The fraction of sp³-hybridized carbons (Fsp3) is 0.450. The molecule has 0 saturated carbocycles. The first-order valence-electron chi connectivity index (χ1n) is 9.30. The van der Waals surface area contributed by atoms with Crippen molar-refractivity contribution in [1.82, 2.24) is 14.8 Å². The highest BCUT2D eigenvalue weighted by atomic mass is 19.1. The number of hydrogen-bond acceptors (Lipinski definition) is 5. The second-order valence-corrected chi connectivity index (χ2v) is 7.38. The van der Waals surface area contributed by atoms with Crippen LogP contribution in [0, 0.1) is 12.7 Å². The number of carbonyl (C=O) groups excluding carboxylic acids is 2. The number of rotatable bonds is 3. The van der Waals surface area contributed by atoms with Crippen LogP contribution < -0.4 is 0 Å². The third-order valence-corrected chi connectivity index (χ3v) is 5.52. The Labute approximate surface area is 162 Å². The summed E-state index contributed by atoms with van der Waals surface area (Å²) in [5, 5.41) is 0. The molecule has 8 heteroatoms. The zero-order valence-electron chi connectivity index (χ0n) is 15.7. The quantitative estimate of drug-likeness (QED) is 0.807. The van der Waals surface area contributed by atoms with E-state index in [0.717, 1.165) is 5.56 Å². The minimum absolute atomic E-state index is 0.0422. The van der Waals surface area contributed by atoms with E-state index in [2.05, 4.69) is 4.98 Å². The van der Waals surface area contributed by atoms with Gasteiger partial charge >= 0.3 is 0 Å². The maximum Gasteiger partial charge on any atom is 0.291 e. The van der Waals surface area contributed by atoms with E-state index in [9.17, 15) is 14.0 Å². The van der Waals surface area contributed by atoms with E-state index in [1.54, 1.807) is 28.9 Å². The molecule has 2 aromatic rings. The molecule has 28 heavy (non-hydrogen) atoms. The van der Waals surface area contributed by atoms with Crippen LogP contribution >= 0.6 is 0 Å². The maximum atomic E-state index is 13.2. The van der Waals surface area contributed by atoms with Crippen LogP contribution in [0.3, 0.4) is 0 Å². The Hall–Kier alpha value is -2.74. The first-order chi connectivity index (χ1) is 13.5. The Morgan fingerprint density at radius 3 is 2.75 bits per heavy atom. The minimum atomic E-state index is -0.606. The molecule has 1 aromatic carbocycles. The molecule has 0 bridgehead atoms. The third kappa shape index (κ3) is 3.40. The van der Waals surface area contributed by atoms with Crippen LogP contribution in [0.15, 0.2) is 35.1 Å². The van der Waals surface area contributed by atoms with Gasteiger partial charge in [0.1, 0.15) is 5.82 Å². The molecule has 1 spiro atoms. The van der Waals surface area contributed by atoms with Crippen molar-refractivity contribution in [2.45, 2.75) is 31.8 Å². The van der Waals surface area contributed by atoms with Crippen molar-refractivity contribution in [3.8, 4) is 0 Å². The van der Waals surface area contributed by atoms with Gasteiger partial charge in [-0.1, -0.05) is 12.1 Å². The number of nitrogens with zero attached hydrogens (tertiary/aromatic N) is 3. The topological polar surface area (TPSA) is 75.9 Å². The molecule has 1 unspecified atom stereocenters. The lowest BCUT2D eigenvalue weighted by molar-refractivity contribution is -0.137. The van der Waals surface area contributed by atoms with E-state index < -0.39 is 5.54 Å². The summed E-state index contributed by atoms with van der Waals surface area (Å²) >= 11 is 0. The van der Waals surface area contributed by atoms with Crippen molar-refractivity contribution >= 4 is 11.8 Å². The zero-order chi connectivity index (χ0) is 19.7. The highest BCUT2D eigenvalue weighted by Crippen LogP contribution is 2.33. The van der Waals surface area contributed by atoms with Gasteiger partial charge in [0.15, 0.2) is 6.39 Å². The first kappa shape index (κ1) is 18.6. The van der Waals surface area contributed by atoms with Crippen molar-refractivity contribution in [3.63, 3.8) is 0 Å². The molecule has 0 radical (unpaired) electrons. The molecule has 7 nitrogen and oxygen atoms in total. The minimum Gasteiger partial charge on any atom is -0.438 e. The summed E-state index contributed by atoms with van der Waals surface area (Å²) in [6, 6.07) is 6.13. The summed E-state index contributed by atoms with van der Waals surface area (Å²) in [7, 11) is 0. The standard InChI is InChI=1S/C20H22FN3O4/c1-14-18(28-13-22-14)19(26)23-8-6-17(25)24(20(11-23)7-9-27-12-20)10-15-2-4-16(21)5-3-15/h2-5,13H,6-12H2,1H3. The van der Waals surface area contributed by atoms with Crippen LogP contribution in [0.1, 0.15) is 34.7 Å². The molecule has 1 atom stereocenters. The number of ether oxygens (including phenoxy) is 1. The van der Waals surface area contributed by atoms with Crippen molar-refractivity contribution in [2.24, 2.45) is 0 Å². The Morgan fingerprint density at radius 1 is 1.32 bits per heavy atom. The fourth-order valence-corrected chi connectivity index (χ4v) is 3.94. The summed E-state index contributed by atoms with van der Waals surface area (Å²) in [5.41, 5.74) is 0.762. The average Bonchev–Trinajstić information content (AvgIpc) is 3.30. The summed E-state index contributed by atoms with van der Waals surface area (Å²) < 4.78 is 24.2. The number of carbonyl (C=O) groups is 2. The second-order valence-electron chi connectivity index (χ2n) is 7.38. The molecule has 148 valence electrons. The van der Waals surface area contributed by atoms with E-state index >= 15 is 0 Å². The molecular formula is C20H22FN3O4. The largest absolute Gasteiger partial charge is 0.438 e. The van der Waals surface area contributed by atoms with Gasteiger partial charge in [-0.05, 0) is 31.0 Å². The predicted octanol–water partition coefficient (Wildman–Crippen LogP) is 2.16. The summed E-state index contributed by atoms with van der Waals surface area (Å²) in [6.45, 7) is 3.62. The number of halogens is 1. The number of oxazole rings is 1. The van der Waals surface area contributed by atoms with E-state index in [1.165, 1.54) is 18.5 Å². The van der Waals surface area contributed by atoms with E-state index in [4.69, 9.17) is 9.15 Å². The van der Waals surface area contributed by atoms with Crippen LogP contribution in [-0.4, -0.2) is 58.4 Å². The monoisotopic (exact) mass is 387 g/mol. The Bertz CT molecular complexity index is 874. The van der Waals surface area contributed by atoms with Gasteiger partial charge in [-0.15, -0.1) is 0 Å². The summed E-state index contributed by atoms with van der Waals surface area (Å²) in [6.07, 6.45) is 2.10. The average molecular weight is 387 g/mol. The van der Waals surface area contributed by atoms with Gasteiger partial charge in [-0.25, -0.2) is 9.37 Å². The zero-order valence-corrected chi connectivity index (χ0v) is 15.7. The lowest BCUT2D eigenvalue weighted by Crippen LogP contribution is -2.56. The molecule has 2 aliphatic rings. The SMILES string of the molecule is Cc1ncoc1C(=O)N1CCC(=O)N(Cc2ccc(F)cc2)C2(CCOC2)C1. The summed E-state index contributed by atoms with van der Waals surface area (Å²) in [4.78, 5) is 33.4. The normalized spacial score (nSPS) is 22.7. The number of benzene rings is 1. The Morgan fingerprint density at radius 2 is 2.11 bits per heavy atom. The Kier molecular flexibility index (Phi) is 4.89. The lowest BCUT2D eigenvalue weighted by atomic mass is 9.94. The van der Waals surface area contributed by atoms with Crippen LogP contribution in [0.4, 0.5) is 4.39 Å². The van der Waals surface area contributed by atoms with Gasteiger partial charge in [0.2, 0.25) is 11.7 Å². The van der Waals surface area contributed by atoms with Gasteiger partial charge in [0.25, 0.3) is 5.91 Å². The highest BCUT2D eigenvalue weighted by Gasteiger charge is 2.47. The third-order valence-electron chi connectivity index (χ3n) is 5.52. The van der Waals surface area contributed by atoms with Gasteiger partial charge in [0, 0.05) is 32.7 Å². The molecule has 2 fully saturated rings. The van der Waals surface area contributed by atoms with E-state index in [1.807, 2.05) is 0 Å². The van der Waals surface area contributed by atoms with Gasteiger partial charge in [-0.2, -0.15) is 0 Å². The maximum absolute atomic E-state index is 13.2. The molecule has 0 N–H and O–H groups in total. The fourth-order valence-electron chi connectivity index (χ4n) is 3.94. The van der Waals surface area contributed by atoms with Crippen molar-refractivity contribution in [3.05, 3.63) is 53.5 Å². The summed E-state index contributed by atoms with van der Waals surface area (Å²) in [5.74, 6) is -0.422. The van der Waals surface area contributed by atoms with Gasteiger partial charge in [0.05, 0.1) is 17.8 Å². The van der Waals surface area contributed by atoms with Crippen molar-refractivity contribution in [1.29, 1.82) is 0 Å². The number of aryl methyl sites for hydroxylation is 1. The molecule has 3 heterocycles. The molecule has 1 aromatic heterocycles. The number of aromatic nitrogens is 1. The van der Waals surface area contributed by atoms with Crippen molar-refractivity contribution < 1.29 is 23.1 Å². The first-order valence-corrected chi connectivity index (χ1v) is 9.30. The van der Waals surface area contributed by atoms with Gasteiger partial charge in [-0.3, -0.25) is 9.59 Å². The van der Waals surface area contributed by atoms with Crippen LogP contribution in [0.25, 0.3) is 0 Å². The predicted molar refractivity (Wildman–Crippen MR) is 96.9 cm³/mol. The molecule has 2 amide bonds. The number of hydrogen-bond donors (Lipinski definition) is 0. The van der Waals surface area contributed by atoms with Gasteiger partial charge < -0.3 is 19.0 Å². The van der Waals surface area contributed by atoms with E-state index in [-0.39, 0.29) is 29.8 Å². The van der Waals surface area contributed by atoms with Crippen LogP contribution in [0.5, 0.6) is 0 Å². The van der Waals surface area contributed by atoms with Crippen LogP contribution in [0.2, 0.25) is 0 Å². The Balaban J connectivity index is 1.62. The lowest BCUT2D eigenvalue weighted by Gasteiger charge is -2.40. The van der Waals surface area contributed by atoms with Crippen LogP contribution in [-0.2, 0) is 16.1 Å². The second kappa shape index (κ2) is 7.35. The molecule has 0 aliphatic carbocycles. The smallest absolute Gasteiger partial charge is 0.291 e. The molecule has 2 aliphatic heterocycles.